The van der Waals surface area contributed by atoms with Crippen molar-refractivity contribution in [2.75, 3.05) is 23.3 Å². The number of allylic oxidation sites excluding steroid dienone is 1. The van der Waals surface area contributed by atoms with Crippen LogP contribution in [-0.4, -0.2) is 54.3 Å². The van der Waals surface area contributed by atoms with E-state index in [1.165, 1.54) is 40.2 Å². The van der Waals surface area contributed by atoms with E-state index in [9.17, 15) is 9.59 Å². The van der Waals surface area contributed by atoms with Crippen molar-refractivity contribution in [1.82, 2.24) is 34.4 Å². The second-order valence-corrected chi connectivity index (χ2v) is 10.2. The Morgan fingerprint density at radius 3 is 2.53 bits per heavy atom. The summed E-state index contributed by atoms with van der Waals surface area (Å²) in [5.41, 5.74) is 1.96. The highest BCUT2D eigenvalue weighted by molar-refractivity contribution is 5.77. The van der Waals surface area contributed by atoms with Gasteiger partial charge in [0.1, 0.15) is 5.39 Å². The summed E-state index contributed by atoms with van der Waals surface area (Å²) in [7, 11) is 0. The van der Waals surface area contributed by atoms with Gasteiger partial charge in [-0.3, -0.25) is 9.59 Å². The molecule has 0 saturated carbocycles. The fourth-order valence-electron chi connectivity index (χ4n) is 5.40. The van der Waals surface area contributed by atoms with Crippen LogP contribution in [0.5, 0.6) is 0 Å². The van der Waals surface area contributed by atoms with Crippen LogP contribution in [0, 0.1) is 0 Å². The molecule has 2 aliphatic heterocycles. The highest BCUT2D eigenvalue weighted by Crippen LogP contribution is 2.27. The van der Waals surface area contributed by atoms with Gasteiger partial charge in [0, 0.05) is 48.8 Å². The summed E-state index contributed by atoms with van der Waals surface area (Å²) in [6.07, 6.45) is 5.64. The van der Waals surface area contributed by atoms with Gasteiger partial charge in [-0.2, -0.15) is 4.98 Å². The van der Waals surface area contributed by atoms with Crippen LogP contribution in [0.25, 0.3) is 16.9 Å². The zero-order chi connectivity index (χ0) is 26.4. The molecule has 4 aromatic rings. The molecule has 0 aliphatic carbocycles. The van der Waals surface area contributed by atoms with Crippen LogP contribution in [0.4, 0.5) is 17.3 Å². The van der Waals surface area contributed by atoms with Gasteiger partial charge >= 0.3 is 0 Å². The fraction of sp³-hybridized carbons (Fsp3) is 0.370. The molecule has 196 valence electrons. The number of fused-ring (bicyclic) bond motifs is 3. The number of nitrogens with one attached hydrogen (secondary N) is 2. The first-order chi connectivity index (χ1) is 18.4. The van der Waals surface area contributed by atoms with Crippen molar-refractivity contribution in [3.8, 4) is 5.82 Å². The Hall–Kier alpha value is -4.25. The van der Waals surface area contributed by atoms with Gasteiger partial charge < -0.3 is 15.5 Å². The molecule has 11 heteroatoms. The Labute approximate surface area is 219 Å². The molecule has 2 aliphatic rings. The summed E-state index contributed by atoms with van der Waals surface area (Å²) in [4.78, 5) is 37.0. The molecular formula is C27H31N9O2. The van der Waals surface area contributed by atoms with Gasteiger partial charge in [0.2, 0.25) is 5.95 Å². The first kappa shape index (κ1) is 24.1. The van der Waals surface area contributed by atoms with Gasteiger partial charge in [-0.25, -0.2) is 19.0 Å². The van der Waals surface area contributed by atoms with E-state index >= 15 is 0 Å². The van der Waals surface area contributed by atoms with Crippen LogP contribution in [0.3, 0.4) is 0 Å². The predicted octanol–water partition coefficient (Wildman–Crippen LogP) is 2.59. The van der Waals surface area contributed by atoms with E-state index in [1.807, 2.05) is 26.0 Å². The minimum atomic E-state index is -0.259. The van der Waals surface area contributed by atoms with Crippen molar-refractivity contribution in [2.24, 2.45) is 0 Å². The molecule has 1 aromatic carbocycles. The lowest BCUT2D eigenvalue weighted by molar-refractivity contribution is 0.466. The quantitative estimate of drug-likeness (QED) is 0.363. The van der Waals surface area contributed by atoms with Crippen LogP contribution in [-0.2, 0) is 6.54 Å². The summed E-state index contributed by atoms with van der Waals surface area (Å²) >= 11 is 0. The molecule has 2 unspecified atom stereocenters. The van der Waals surface area contributed by atoms with Gasteiger partial charge in [0.25, 0.3) is 11.1 Å². The summed E-state index contributed by atoms with van der Waals surface area (Å²) in [6, 6.07) is 12.3. The number of aromatic nitrogens is 6. The standard InChI is InChI=1S/C27H31N9O2/c1-4-13-34-26(38)22-14-28-27(31-25(22)36(34)23-11-12-24(37)35(32-23)17(2)3)30-18-7-9-21(10-8-18)33-15-19-5-6-20(16-33)29-19/h4,7-12,14,17,19-20,29H,1,5-6,13,15-16H2,2-3H3,(H,28,30,31). The van der Waals surface area contributed by atoms with Crippen molar-refractivity contribution in [3.05, 3.63) is 76.0 Å². The first-order valence-electron chi connectivity index (χ1n) is 13.0. The summed E-state index contributed by atoms with van der Waals surface area (Å²) in [6.45, 7) is 9.85. The molecule has 0 amide bonds. The maximum absolute atomic E-state index is 13.2. The molecule has 2 bridgehead atoms. The zero-order valence-corrected chi connectivity index (χ0v) is 21.5. The lowest BCUT2D eigenvalue weighted by atomic mass is 10.2. The Kier molecular flexibility index (Phi) is 6.07. The second-order valence-electron chi connectivity index (χ2n) is 10.2. The van der Waals surface area contributed by atoms with Crippen molar-refractivity contribution < 1.29 is 0 Å². The second kappa shape index (κ2) is 9.56. The third-order valence-electron chi connectivity index (χ3n) is 7.20. The van der Waals surface area contributed by atoms with Gasteiger partial charge in [0.15, 0.2) is 11.5 Å². The minimum Gasteiger partial charge on any atom is -0.368 e. The number of benzene rings is 1. The fourth-order valence-corrected chi connectivity index (χ4v) is 5.40. The average Bonchev–Trinajstić information content (AvgIpc) is 3.39. The van der Waals surface area contributed by atoms with E-state index in [-0.39, 0.29) is 23.7 Å². The number of piperazine rings is 1. The molecule has 2 atom stereocenters. The Bertz CT molecular complexity index is 1600. The predicted molar refractivity (Wildman–Crippen MR) is 148 cm³/mol. The monoisotopic (exact) mass is 513 g/mol. The minimum absolute atomic E-state index is 0.143. The van der Waals surface area contributed by atoms with Crippen LogP contribution < -0.4 is 26.7 Å². The molecule has 11 nitrogen and oxygen atoms in total. The lowest BCUT2D eigenvalue weighted by Crippen LogP contribution is -2.51. The third-order valence-corrected chi connectivity index (χ3v) is 7.20. The molecule has 3 aromatic heterocycles. The molecule has 2 N–H and O–H groups in total. The molecule has 2 fully saturated rings. The lowest BCUT2D eigenvalue weighted by Gasteiger charge is -2.34. The van der Waals surface area contributed by atoms with Gasteiger partial charge in [0.05, 0.1) is 12.6 Å². The number of nitrogens with zero attached hydrogens (tertiary/aromatic N) is 7. The molecule has 0 spiro atoms. The van der Waals surface area contributed by atoms with E-state index in [2.05, 4.69) is 49.3 Å². The van der Waals surface area contributed by atoms with E-state index in [1.54, 1.807) is 16.8 Å². The van der Waals surface area contributed by atoms with Gasteiger partial charge in [-0.05, 0) is 57.0 Å². The zero-order valence-electron chi connectivity index (χ0n) is 21.5. The van der Waals surface area contributed by atoms with Crippen LogP contribution in [0.15, 0.2) is 64.8 Å². The smallest absolute Gasteiger partial charge is 0.278 e. The Morgan fingerprint density at radius 2 is 1.84 bits per heavy atom. The summed E-state index contributed by atoms with van der Waals surface area (Å²) in [5, 5.41) is 11.8. The van der Waals surface area contributed by atoms with Crippen molar-refractivity contribution in [2.45, 2.75) is 51.4 Å². The van der Waals surface area contributed by atoms with Crippen molar-refractivity contribution in [3.63, 3.8) is 0 Å². The summed E-state index contributed by atoms with van der Waals surface area (Å²) < 4.78 is 4.49. The maximum Gasteiger partial charge on any atom is 0.278 e. The maximum atomic E-state index is 13.2. The number of hydrogen-bond acceptors (Lipinski definition) is 8. The van der Waals surface area contributed by atoms with Crippen LogP contribution in [0.1, 0.15) is 32.7 Å². The third kappa shape index (κ3) is 4.28. The molecule has 5 heterocycles. The molecule has 6 rings (SSSR count). The Morgan fingerprint density at radius 1 is 1.11 bits per heavy atom. The number of anilines is 3. The average molecular weight is 514 g/mol. The molecule has 0 radical (unpaired) electrons. The van der Waals surface area contributed by atoms with Crippen LogP contribution >= 0.6 is 0 Å². The number of hydrogen-bond donors (Lipinski definition) is 2. The molecule has 2 saturated heterocycles. The Balaban J connectivity index is 1.34. The largest absolute Gasteiger partial charge is 0.368 e. The van der Waals surface area contributed by atoms with E-state index in [0.717, 1.165) is 18.8 Å². The molecule has 38 heavy (non-hydrogen) atoms. The highest BCUT2D eigenvalue weighted by Gasteiger charge is 2.32. The molecular weight excluding hydrogens is 482 g/mol. The van der Waals surface area contributed by atoms with Crippen molar-refractivity contribution >= 4 is 28.4 Å². The van der Waals surface area contributed by atoms with E-state index in [4.69, 9.17) is 0 Å². The first-order valence-corrected chi connectivity index (χ1v) is 13.0. The van der Waals surface area contributed by atoms with E-state index < -0.39 is 0 Å². The van der Waals surface area contributed by atoms with Crippen LogP contribution in [0.2, 0.25) is 0 Å². The van der Waals surface area contributed by atoms with Crippen molar-refractivity contribution in [1.29, 1.82) is 0 Å². The SMILES string of the molecule is C=CCn1c(=O)c2cnc(Nc3ccc(N4CC5CCC(C4)N5)cc3)nc2n1-c1ccc(=O)n(C(C)C)n1. The highest BCUT2D eigenvalue weighted by atomic mass is 16.1. The van der Waals surface area contributed by atoms with Gasteiger partial charge in [-0.1, -0.05) is 6.08 Å². The number of rotatable bonds is 7. The topological polar surface area (TPSA) is 115 Å². The summed E-state index contributed by atoms with van der Waals surface area (Å²) in [5.74, 6) is 0.762. The van der Waals surface area contributed by atoms with Gasteiger partial charge in [-0.15, -0.1) is 11.7 Å². The normalized spacial score (nSPS) is 18.9. The van der Waals surface area contributed by atoms with E-state index in [0.29, 0.717) is 34.9 Å².